The Morgan fingerprint density at radius 2 is 1.85 bits per heavy atom. The van der Waals surface area contributed by atoms with Crippen LogP contribution in [0.3, 0.4) is 0 Å². The van der Waals surface area contributed by atoms with E-state index in [-0.39, 0.29) is 17.0 Å². The molecule has 0 aromatic heterocycles. The van der Waals surface area contributed by atoms with Crippen molar-refractivity contribution in [2.24, 2.45) is 21.4 Å². The molecule has 0 spiro atoms. The molecule has 2 unspecified atom stereocenters. The summed E-state index contributed by atoms with van der Waals surface area (Å²) < 4.78 is 4.75. The van der Waals surface area contributed by atoms with Crippen molar-refractivity contribution in [3.8, 4) is 0 Å². The number of nitrogens with zero attached hydrogens (tertiary/aromatic N) is 1. The third-order valence-electron chi connectivity index (χ3n) is 6.64. The number of anilines is 1. The third kappa shape index (κ3) is 1.94. The summed E-state index contributed by atoms with van der Waals surface area (Å²) in [6, 6.07) is 6.47. The second-order valence-electron chi connectivity index (χ2n) is 7.63. The number of carbonyl (C=O) groups excluding carboxylic acids is 3. The van der Waals surface area contributed by atoms with Gasteiger partial charge in [-0.25, -0.2) is 4.79 Å². The van der Waals surface area contributed by atoms with Gasteiger partial charge in [-0.15, -0.1) is 0 Å². The number of carbonyl (C=O) groups is 3. The summed E-state index contributed by atoms with van der Waals surface area (Å²) in [7, 11) is 1.26. The lowest BCUT2D eigenvalue weighted by atomic mass is 9.64. The molecule has 0 saturated heterocycles. The van der Waals surface area contributed by atoms with Crippen LogP contribution >= 0.6 is 0 Å². The molecule has 2 atom stereocenters. The van der Waals surface area contributed by atoms with Crippen molar-refractivity contribution < 1.29 is 24.3 Å². The second-order valence-corrected chi connectivity index (χ2v) is 7.63. The predicted molar refractivity (Wildman–Crippen MR) is 94.2 cm³/mol. The van der Waals surface area contributed by atoms with Crippen LogP contribution in [0.15, 0.2) is 29.4 Å². The molecule has 3 rings (SSSR count). The molecule has 7 heteroatoms. The lowest BCUT2D eigenvalue weighted by Gasteiger charge is -2.37. The highest BCUT2D eigenvalue weighted by atomic mass is 16.5. The molecule has 7 nitrogen and oxygen atoms in total. The van der Waals surface area contributed by atoms with Gasteiger partial charge in [0.2, 0.25) is 5.91 Å². The Hall–Kier alpha value is -2.70. The van der Waals surface area contributed by atoms with E-state index in [1.165, 1.54) is 7.11 Å². The molecule has 2 aliphatic rings. The lowest BCUT2D eigenvalue weighted by Crippen LogP contribution is -2.48. The largest absolute Gasteiger partial charge is 0.465 e. The first-order valence-electron chi connectivity index (χ1n) is 8.43. The summed E-state index contributed by atoms with van der Waals surface area (Å²) in [6.45, 7) is 5.55. The maximum absolute atomic E-state index is 13.3. The van der Waals surface area contributed by atoms with Gasteiger partial charge in [0.05, 0.1) is 18.4 Å². The summed E-state index contributed by atoms with van der Waals surface area (Å²) in [5, 5.41) is 15.3. The van der Waals surface area contributed by atoms with Gasteiger partial charge in [0.15, 0.2) is 5.78 Å². The number of hydrogen-bond acceptors (Lipinski definition) is 6. The molecule has 2 saturated carbocycles. The molecule has 0 aliphatic heterocycles. The average Bonchev–Trinajstić information content (AvgIpc) is 2.89. The van der Waals surface area contributed by atoms with Crippen LogP contribution in [0.4, 0.5) is 5.69 Å². The Balaban J connectivity index is 2.04. The van der Waals surface area contributed by atoms with Gasteiger partial charge in [-0.3, -0.25) is 9.59 Å². The molecular formula is C19H22N2O5. The zero-order valence-corrected chi connectivity index (χ0v) is 15.3. The lowest BCUT2D eigenvalue weighted by molar-refractivity contribution is -0.140. The summed E-state index contributed by atoms with van der Waals surface area (Å²) >= 11 is 0. The number of Topliss-reactive ketones (excluding diaryl/α,β-unsaturated/α-hetero) is 1. The van der Waals surface area contributed by atoms with E-state index in [1.54, 1.807) is 24.3 Å². The second kappa shape index (κ2) is 5.65. The first kappa shape index (κ1) is 18.1. The number of ketones is 1. The van der Waals surface area contributed by atoms with Crippen molar-refractivity contribution >= 4 is 29.1 Å². The number of methoxy groups -OCH3 is 1. The zero-order chi connectivity index (χ0) is 19.3. The number of oxime groups is 1. The van der Waals surface area contributed by atoms with Crippen LogP contribution in [0.1, 0.15) is 44.0 Å². The van der Waals surface area contributed by atoms with Gasteiger partial charge < -0.3 is 15.3 Å². The molecule has 1 amide bonds. The van der Waals surface area contributed by atoms with Crippen molar-refractivity contribution in [1.29, 1.82) is 0 Å². The highest BCUT2D eigenvalue weighted by Gasteiger charge is 2.76. The minimum absolute atomic E-state index is 0.0464. The summed E-state index contributed by atoms with van der Waals surface area (Å²) in [5.41, 5.74) is -2.22. The van der Waals surface area contributed by atoms with E-state index >= 15 is 0 Å². The van der Waals surface area contributed by atoms with Crippen LogP contribution < -0.4 is 5.32 Å². The molecular weight excluding hydrogens is 336 g/mol. The van der Waals surface area contributed by atoms with Crippen molar-refractivity contribution in [2.45, 2.75) is 33.6 Å². The fourth-order valence-corrected chi connectivity index (χ4v) is 4.56. The average molecular weight is 358 g/mol. The fraction of sp³-hybridized carbons (Fsp3) is 0.474. The number of ether oxygens (including phenoxy) is 1. The Labute approximate surface area is 151 Å². The topological polar surface area (TPSA) is 105 Å². The third-order valence-corrected chi connectivity index (χ3v) is 6.64. The summed E-state index contributed by atoms with van der Waals surface area (Å²) in [4.78, 5) is 38.2. The molecule has 1 aromatic carbocycles. The van der Waals surface area contributed by atoms with E-state index < -0.39 is 33.9 Å². The molecule has 1 aromatic rings. The number of amides is 1. The first-order valence-corrected chi connectivity index (χ1v) is 8.43. The highest BCUT2D eigenvalue weighted by Crippen LogP contribution is 2.69. The van der Waals surface area contributed by atoms with Gasteiger partial charge in [0.1, 0.15) is 11.1 Å². The van der Waals surface area contributed by atoms with Gasteiger partial charge >= 0.3 is 5.97 Å². The summed E-state index contributed by atoms with van der Waals surface area (Å²) in [5.74, 6) is -1.53. The quantitative estimate of drug-likeness (QED) is 0.374. The van der Waals surface area contributed by atoms with Crippen LogP contribution in [0.25, 0.3) is 0 Å². The maximum atomic E-state index is 13.3. The SMILES string of the molecule is COC(=O)c1ccccc1NC(=O)C12CCC(C)(/C(=N/O)C1=O)C2(C)C. The summed E-state index contributed by atoms with van der Waals surface area (Å²) in [6.07, 6.45) is 0.928. The van der Waals surface area contributed by atoms with Gasteiger partial charge in [-0.1, -0.05) is 38.1 Å². The number of nitrogens with one attached hydrogen (secondary N) is 1. The smallest absolute Gasteiger partial charge is 0.339 e. The van der Waals surface area contributed by atoms with E-state index in [0.717, 1.165) is 0 Å². The maximum Gasteiger partial charge on any atom is 0.339 e. The molecule has 26 heavy (non-hydrogen) atoms. The highest BCUT2D eigenvalue weighted by molar-refractivity contribution is 6.51. The van der Waals surface area contributed by atoms with E-state index in [9.17, 15) is 19.6 Å². The van der Waals surface area contributed by atoms with E-state index in [1.807, 2.05) is 20.8 Å². The van der Waals surface area contributed by atoms with E-state index in [0.29, 0.717) is 12.8 Å². The van der Waals surface area contributed by atoms with Crippen LogP contribution in [-0.4, -0.2) is 35.7 Å². The van der Waals surface area contributed by atoms with Crippen LogP contribution in [-0.2, 0) is 14.3 Å². The minimum atomic E-state index is -1.34. The van der Waals surface area contributed by atoms with Gasteiger partial charge in [-0.05, 0) is 30.4 Å². The number of esters is 1. The van der Waals surface area contributed by atoms with E-state index in [2.05, 4.69) is 10.5 Å². The standard InChI is InChI=1S/C19H22N2O5/c1-17(2)18(3)9-10-19(17,14(22)13(18)21-25)16(24)20-12-8-6-5-7-11(12)15(23)26-4/h5-8,25H,9-10H2,1-4H3,(H,20,24)/b21-13+. The van der Waals surface area contributed by atoms with Crippen molar-refractivity contribution in [1.82, 2.24) is 0 Å². The Kier molecular flexibility index (Phi) is 3.94. The first-order chi connectivity index (χ1) is 12.2. The minimum Gasteiger partial charge on any atom is -0.465 e. The van der Waals surface area contributed by atoms with Gasteiger partial charge in [0.25, 0.3) is 0 Å². The van der Waals surface area contributed by atoms with Gasteiger partial charge in [-0.2, -0.15) is 0 Å². The molecule has 2 N–H and O–H groups in total. The molecule has 2 aliphatic carbocycles. The Bertz CT molecular complexity index is 844. The van der Waals surface area contributed by atoms with Crippen molar-refractivity contribution in [3.63, 3.8) is 0 Å². The molecule has 0 heterocycles. The fourth-order valence-electron chi connectivity index (χ4n) is 4.56. The number of benzene rings is 1. The number of hydrogen-bond donors (Lipinski definition) is 2. The molecule has 0 radical (unpaired) electrons. The van der Waals surface area contributed by atoms with Crippen LogP contribution in [0.2, 0.25) is 0 Å². The predicted octanol–water partition coefficient (Wildman–Crippen LogP) is 2.64. The van der Waals surface area contributed by atoms with Crippen LogP contribution in [0.5, 0.6) is 0 Å². The number of rotatable bonds is 3. The molecule has 2 fully saturated rings. The van der Waals surface area contributed by atoms with Crippen molar-refractivity contribution in [3.05, 3.63) is 29.8 Å². The molecule has 2 bridgehead atoms. The van der Waals surface area contributed by atoms with Crippen molar-refractivity contribution in [2.75, 3.05) is 12.4 Å². The zero-order valence-electron chi connectivity index (χ0n) is 15.3. The normalized spacial score (nSPS) is 30.5. The Morgan fingerprint density at radius 3 is 2.42 bits per heavy atom. The monoisotopic (exact) mass is 358 g/mol. The van der Waals surface area contributed by atoms with E-state index in [4.69, 9.17) is 4.74 Å². The Morgan fingerprint density at radius 1 is 1.19 bits per heavy atom. The molecule has 138 valence electrons. The van der Waals surface area contributed by atoms with Gasteiger partial charge in [0, 0.05) is 5.41 Å². The van der Waals surface area contributed by atoms with Crippen LogP contribution in [0, 0.1) is 16.2 Å². The number of para-hydroxylation sites is 1. The number of fused-ring (bicyclic) bond motifs is 2.